The van der Waals surface area contributed by atoms with Gasteiger partial charge < -0.3 is 15.6 Å². The van der Waals surface area contributed by atoms with Gasteiger partial charge in [0.2, 0.25) is 0 Å². The Morgan fingerprint density at radius 3 is 2.57 bits per heavy atom. The van der Waals surface area contributed by atoms with E-state index in [0.29, 0.717) is 6.54 Å². The van der Waals surface area contributed by atoms with Crippen LogP contribution in [0.4, 0.5) is 4.79 Å². The molecule has 0 aromatic rings. The molecule has 1 saturated heterocycles. The lowest BCUT2D eigenvalue weighted by Crippen LogP contribution is -2.65. The molecule has 0 spiro atoms. The smallest absolute Gasteiger partial charge is 0.410 e. The number of carbonyl (C=O) groups is 1. The van der Waals surface area contributed by atoms with Crippen molar-refractivity contribution < 1.29 is 14.6 Å². The number of rotatable bonds is 1. The Labute approximate surface area is 83.8 Å². The number of aliphatic hydroxyl groups excluding tert-OH is 1. The Bertz CT molecular complexity index is 225. The monoisotopic (exact) mass is 202 g/mol. The predicted molar refractivity (Wildman–Crippen MR) is 51.8 cm³/mol. The van der Waals surface area contributed by atoms with Crippen LogP contribution in [-0.4, -0.2) is 46.9 Å². The van der Waals surface area contributed by atoms with E-state index in [2.05, 4.69) is 0 Å². The van der Waals surface area contributed by atoms with Crippen molar-refractivity contribution in [1.29, 1.82) is 0 Å². The first kappa shape index (κ1) is 11.3. The topological polar surface area (TPSA) is 75.8 Å². The van der Waals surface area contributed by atoms with Crippen LogP contribution < -0.4 is 5.73 Å². The molecule has 5 nitrogen and oxygen atoms in total. The highest BCUT2D eigenvalue weighted by Gasteiger charge is 2.41. The molecular weight excluding hydrogens is 184 g/mol. The van der Waals surface area contributed by atoms with Gasteiger partial charge in [-0.1, -0.05) is 0 Å². The number of aliphatic hydroxyl groups is 1. The van der Waals surface area contributed by atoms with Crippen LogP contribution in [0.5, 0.6) is 0 Å². The summed E-state index contributed by atoms with van der Waals surface area (Å²) in [4.78, 5) is 12.9. The number of ether oxygens (including phenoxy) is 1. The first-order valence-electron chi connectivity index (χ1n) is 4.73. The van der Waals surface area contributed by atoms with Gasteiger partial charge in [-0.05, 0) is 20.8 Å². The van der Waals surface area contributed by atoms with E-state index in [-0.39, 0.29) is 12.6 Å². The van der Waals surface area contributed by atoms with Crippen molar-refractivity contribution in [2.45, 2.75) is 38.5 Å². The van der Waals surface area contributed by atoms with E-state index in [0.717, 1.165) is 0 Å². The molecule has 14 heavy (non-hydrogen) atoms. The molecule has 82 valence electrons. The van der Waals surface area contributed by atoms with Crippen molar-refractivity contribution in [3.05, 3.63) is 0 Å². The second-order valence-electron chi connectivity index (χ2n) is 4.50. The fourth-order valence-corrected chi connectivity index (χ4v) is 1.34. The summed E-state index contributed by atoms with van der Waals surface area (Å²) in [5.41, 5.74) is 4.90. The van der Waals surface area contributed by atoms with Gasteiger partial charge in [-0.15, -0.1) is 0 Å². The van der Waals surface area contributed by atoms with Crippen molar-refractivity contribution in [3.63, 3.8) is 0 Å². The Morgan fingerprint density at radius 1 is 1.64 bits per heavy atom. The van der Waals surface area contributed by atoms with Gasteiger partial charge in [0.05, 0.1) is 18.7 Å². The normalized spacial score (nSPS) is 27.1. The quantitative estimate of drug-likeness (QED) is 0.624. The van der Waals surface area contributed by atoms with Gasteiger partial charge >= 0.3 is 6.09 Å². The number of likely N-dealkylation sites (tertiary alicyclic amines) is 1. The maximum Gasteiger partial charge on any atom is 0.410 e. The zero-order valence-electron chi connectivity index (χ0n) is 8.86. The fourth-order valence-electron chi connectivity index (χ4n) is 1.34. The van der Waals surface area contributed by atoms with E-state index in [9.17, 15) is 9.90 Å². The van der Waals surface area contributed by atoms with E-state index in [4.69, 9.17) is 10.5 Å². The first-order valence-corrected chi connectivity index (χ1v) is 4.73. The van der Waals surface area contributed by atoms with Gasteiger partial charge in [-0.2, -0.15) is 0 Å². The van der Waals surface area contributed by atoms with E-state index >= 15 is 0 Å². The van der Waals surface area contributed by atoms with Gasteiger partial charge in [0.1, 0.15) is 5.60 Å². The summed E-state index contributed by atoms with van der Waals surface area (Å²) < 4.78 is 5.14. The Kier molecular flexibility index (Phi) is 3.01. The van der Waals surface area contributed by atoms with Crippen molar-refractivity contribution in [2.24, 2.45) is 5.73 Å². The lowest BCUT2D eigenvalue weighted by molar-refractivity contribution is -0.0670. The molecule has 5 heteroatoms. The second-order valence-corrected chi connectivity index (χ2v) is 4.50. The molecule has 2 unspecified atom stereocenters. The summed E-state index contributed by atoms with van der Waals surface area (Å²) >= 11 is 0. The summed E-state index contributed by atoms with van der Waals surface area (Å²) in [6.45, 7) is 5.99. The zero-order valence-corrected chi connectivity index (χ0v) is 8.86. The number of hydrogen-bond acceptors (Lipinski definition) is 4. The molecule has 0 aromatic heterocycles. The van der Waals surface area contributed by atoms with Crippen molar-refractivity contribution >= 4 is 6.09 Å². The molecule has 1 rings (SSSR count). The number of carbonyl (C=O) groups excluding carboxylic acids is 1. The van der Waals surface area contributed by atoms with E-state index < -0.39 is 17.8 Å². The molecule has 1 fully saturated rings. The van der Waals surface area contributed by atoms with Crippen molar-refractivity contribution in [1.82, 2.24) is 4.90 Å². The molecule has 1 aliphatic rings. The van der Waals surface area contributed by atoms with Crippen molar-refractivity contribution in [2.75, 3.05) is 13.1 Å². The minimum atomic E-state index is -0.507. The van der Waals surface area contributed by atoms with E-state index in [1.165, 1.54) is 4.90 Å². The zero-order chi connectivity index (χ0) is 10.9. The van der Waals surface area contributed by atoms with Gasteiger partial charge in [-0.3, -0.25) is 4.90 Å². The number of hydrogen-bond donors (Lipinski definition) is 2. The minimum Gasteiger partial charge on any atom is -0.444 e. The number of nitrogens with zero attached hydrogens (tertiary/aromatic N) is 1. The second kappa shape index (κ2) is 3.74. The van der Waals surface area contributed by atoms with Crippen LogP contribution in [0.1, 0.15) is 20.8 Å². The van der Waals surface area contributed by atoms with Gasteiger partial charge in [0, 0.05) is 6.54 Å². The standard InChI is InChI=1S/C9H18N2O3/c1-9(2,3)14-8(13)11-5-7(12)6(11)4-10/h6-7,12H,4-5,10H2,1-3H3. The third kappa shape index (κ3) is 2.36. The molecule has 0 bridgehead atoms. The Morgan fingerprint density at radius 2 is 2.21 bits per heavy atom. The minimum absolute atomic E-state index is 0.264. The summed E-state index contributed by atoms with van der Waals surface area (Å²) in [7, 11) is 0. The number of nitrogens with two attached hydrogens (primary N) is 1. The van der Waals surface area contributed by atoms with E-state index in [1.807, 2.05) is 0 Å². The Balaban J connectivity index is 2.47. The van der Waals surface area contributed by atoms with Crippen LogP contribution in [0.3, 0.4) is 0 Å². The SMILES string of the molecule is CC(C)(C)OC(=O)N1CC(O)C1CN. The molecule has 0 saturated carbocycles. The predicted octanol–water partition coefficient (Wildman–Crippen LogP) is -0.0747. The van der Waals surface area contributed by atoms with Crippen LogP contribution in [0.2, 0.25) is 0 Å². The summed E-state index contributed by atoms with van der Waals surface area (Å²) in [5, 5.41) is 9.30. The summed E-state index contributed by atoms with van der Waals surface area (Å²) in [6, 6.07) is -0.287. The summed E-state index contributed by atoms with van der Waals surface area (Å²) in [5.74, 6) is 0. The van der Waals surface area contributed by atoms with Gasteiger partial charge in [-0.25, -0.2) is 4.79 Å². The lowest BCUT2D eigenvalue weighted by Gasteiger charge is -2.44. The molecule has 1 heterocycles. The molecule has 0 aromatic carbocycles. The Hall–Kier alpha value is -0.810. The molecule has 0 aliphatic carbocycles. The van der Waals surface area contributed by atoms with E-state index in [1.54, 1.807) is 20.8 Å². The average Bonchev–Trinajstić information content (AvgIpc) is 1.97. The molecule has 1 aliphatic heterocycles. The molecule has 3 N–H and O–H groups in total. The molecular formula is C9H18N2O3. The third-order valence-corrected chi connectivity index (χ3v) is 2.10. The van der Waals surface area contributed by atoms with Gasteiger partial charge in [0.15, 0.2) is 0 Å². The first-order chi connectivity index (χ1) is 6.35. The highest BCUT2D eigenvalue weighted by atomic mass is 16.6. The third-order valence-electron chi connectivity index (χ3n) is 2.10. The number of amides is 1. The van der Waals surface area contributed by atoms with Crippen LogP contribution >= 0.6 is 0 Å². The van der Waals surface area contributed by atoms with Gasteiger partial charge in [0.25, 0.3) is 0 Å². The van der Waals surface area contributed by atoms with Crippen LogP contribution in [-0.2, 0) is 4.74 Å². The molecule has 1 amide bonds. The average molecular weight is 202 g/mol. The fraction of sp³-hybridized carbons (Fsp3) is 0.889. The van der Waals surface area contributed by atoms with Crippen molar-refractivity contribution in [3.8, 4) is 0 Å². The highest BCUT2D eigenvalue weighted by Crippen LogP contribution is 2.20. The van der Waals surface area contributed by atoms with Crippen LogP contribution in [0, 0.1) is 0 Å². The molecule has 0 radical (unpaired) electrons. The lowest BCUT2D eigenvalue weighted by atomic mass is 10.0. The number of β-amino-alcohol motifs (C(OH)–C–C–N with tert-alkyl or cyclic N) is 1. The largest absolute Gasteiger partial charge is 0.444 e. The summed E-state index contributed by atoms with van der Waals surface area (Å²) in [6.07, 6.45) is -0.911. The highest BCUT2D eigenvalue weighted by molar-refractivity contribution is 5.70. The molecule has 2 atom stereocenters. The van der Waals surface area contributed by atoms with Crippen LogP contribution in [0.25, 0.3) is 0 Å². The maximum absolute atomic E-state index is 11.5. The van der Waals surface area contributed by atoms with Crippen LogP contribution in [0.15, 0.2) is 0 Å². The maximum atomic E-state index is 11.5.